The largest absolute Gasteiger partial charge is 0.289 e. The maximum Gasteiger partial charge on any atom is 0.190 e. The molecule has 0 saturated carbocycles. The van der Waals surface area contributed by atoms with Crippen LogP contribution >= 0.6 is 0 Å². The molecule has 0 aliphatic rings. The minimum atomic E-state index is 0.0995. The van der Waals surface area contributed by atoms with Crippen LogP contribution in [0.5, 0.6) is 0 Å². The number of pyridine rings is 1. The van der Waals surface area contributed by atoms with Gasteiger partial charge in [-0.15, -0.1) is 0 Å². The van der Waals surface area contributed by atoms with Gasteiger partial charge in [-0.1, -0.05) is 19.9 Å². The van der Waals surface area contributed by atoms with Crippen molar-refractivity contribution in [2.75, 3.05) is 0 Å². The fourth-order valence-electron chi connectivity index (χ4n) is 1.81. The van der Waals surface area contributed by atoms with Crippen LogP contribution in [0.4, 0.5) is 0 Å². The van der Waals surface area contributed by atoms with Gasteiger partial charge in [-0.2, -0.15) is 0 Å². The van der Waals surface area contributed by atoms with Crippen LogP contribution in [0.15, 0.2) is 23.8 Å². The van der Waals surface area contributed by atoms with E-state index in [9.17, 15) is 4.79 Å². The molecule has 0 aliphatic carbocycles. The van der Waals surface area contributed by atoms with Crippen molar-refractivity contribution in [1.29, 1.82) is 0 Å². The molecule has 1 rings (SSSR count). The highest BCUT2D eigenvalue weighted by atomic mass is 16.1. The Labute approximate surface area is 97.4 Å². The minimum Gasteiger partial charge on any atom is -0.289 e. The zero-order valence-corrected chi connectivity index (χ0v) is 10.7. The fraction of sp³-hybridized carbons (Fsp3) is 0.429. The summed E-state index contributed by atoms with van der Waals surface area (Å²) >= 11 is 0. The van der Waals surface area contributed by atoms with Crippen LogP contribution in [0.2, 0.25) is 0 Å². The Morgan fingerprint density at radius 1 is 1.31 bits per heavy atom. The number of aromatic nitrogens is 1. The summed E-state index contributed by atoms with van der Waals surface area (Å²) in [4.78, 5) is 16.6. The number of carbonyl (C=O) groups excluding carboxylic acids is 1. The van der Waals surface area contributed by atoms with Gasteiger partial charge in [-0.05, 0) is 44.4 Å². The van der Waals surface area contributed by atoms with E-state index in [2.05, 4.69) is 4.98 Å². The molecular weight excluding hydrogens is 198 g/mol. The summed E-state index contributed by atoms with van der Waals surface area (Å²) in [6.07, 6.45) is 1.90. The Hall–Kier alpha value is -1.44. The van der Waals surface area contributed by atoms with E-state index < -0.39 is 0 Å². The van der Waals surface area contributed by atoms with Crippen LogP contribution in [0, 0.1) is 19.8 Å². The number of carbonyl (C=O) groups is 1. The third kappa shape index (κ3) is 2.57. The third-order valence-corrected chi connectivity index (χ3v) is 2.66. The van der Waals surface area contributed by atoms with Crippen LogP contribution in [0.25, 0.3) is 0 Å². The Balaban J connectivity index is 3.15. The second-order valence-corrected chi connectivity index (χ2v) is 4.31. The van der Waals surface area contributed by atoms with Gasteiger partial charge < -0.3 is 0 Å². The molecule has 0 bridgehead atoms. The lowest BCUT2D eigenvalue weighted by molar-refractivity contribution is 0.102. The SMILES string of the molecule is C/C=C(\C(=O)c1ccc(C)nc1C)C(C)C. The molecule has 2 heteroatoms. The van der Waals surface area contributed by atoms with E-state index in [0.717, 1.165) is 17.0 Å². The fourth-order valence-corrected chi connectivity index (χ4v) is 1.81. The summed E-state index contributed by atoms with van der Waals surface area (Å²) in [5, 5.41) is 0. The number of allylic oxidation sites excluding steroid dienone is 2. The lowest BCUT2D eigenvalue weighted by atomic mass is 9.93. The summed E-state index contributed by atoms with van der Waals surface area (Å²) < 4.78 is 0. The molecule has 0 saturated heterocycles. The van der Waals surface area contributed by atoms with Gasteiger partial charge in [0.05, 0.1) is 0 Å². The lowest BCUT2D eigenvalue weighted by Gasteiger charge is -2.11. The van der Waals surface area contributed by atoms with E-state index in [-0.39, 0.29) is 11.7 Å². The number of ketones is 1. The van der Waals surface area contributed by atoms with Crippen molar-refractivity contribution in [1.82, 2.24) is 4.98 Å². The standard InChI is InChI=1S/C14H19NO/c1-6-12(9(2)3)14(16)13-8-7-10(4)15-11(13)5/h6-9H,1-5H3/b12-6-. The van der Waals surface area contributed by atoms with Crippen molar-refractivity contribution in [3.63, 3.8) is 0 Å². The maximum absolute atomic E-state index is 12.2. The van der Waals surface area contributed by atoms with Gasteiger partial charge in [-0.3, -0.25) is 9.78 Å². The number of hydrogen-bond donors (Lipinski definition) is 0. The van der Waals surface area contributed by atoms with Crippen molar-refractivity contribution in [2.45, 2.75) is 34.6 Å². The monoisotopic (exact) mass is 217 g/mol. The van der Waals surface area contributed by atoms with Crippen LogP contribution < -0.4 is 0 Å². The predicted molar refractivity (Wildman–Crippen MR) is 66.6 cm³/mol. The van der Waals surface area contributed by atoms with Crippen molar-refractivity contribution < 1.29 is 4.79 Å². The van der Waals surface area contributed by atoms with Gasteiger partial charge in [0.15, 0.2) is 5.78 Å². The summed E-state index contributed by atoms with van der Waals surface area (Å²) in [7, 11) is 0. The number of rotatable bonds is 3. The number of Topliss-reactive ketones (excluding diaryl/α,β-unsaturated/α-hetero) is 1. The topological polar surface area (TPSA) is 30.0 Å². The first kappa shape index (κ1) is 12.6. The molecule has 0 unspecified atom stereocenters. The molecule has 1 heterocycles. The van der Waals surface area contributed by atoms with E-state index >= 15 is 0 Å². The van der Waals surface area contributed by atoms with Crippen LogP contribution in [0.3, 0.4) is 0 Å². The van der Waals surface area contributed by atoms with Crippen molar-refractivity contribution in [3.05, 3.63) is 40.7 Å². The Morgan fingerprint density at radius 2 is 1.94 bits per heavy atom. The first-order valence-electron chi connectivity index (χ1n) is 5.62. The van der Waals surface area contributed by atoms with Gasteiger partial charge in [0.2, 0.25) is 0 Å². The Bertz CT molecular complexity index is 430. The predicted octanol–water partition coefficient (Wildman–Crippen LogP) is 3.48. The molecule has 0 aromatic carbocycles. The molecule has 1 aromatic heterocycles. The second kappa shape index (κ2) is 5.06. The summed E-state index contributed by atoms with van der Waals surface area (Å²) in [6.45, 7) is 9.78. The van der Waals surface area contributed by atoms with Gasteiger partial charge in [-0.25, -0.2) is 0 Å². The molecular formula is C14H19NO. The van der Waals surface area contributed by atoms with Gasteiger partial charge in [0.1, 0.15) is 0 Å². The van der Waals surface area contributed by atoms with Crippen LogP contribution in [-0.4, -0.2) is 10.8 Å². The average Bonchev–Trinajstić information content (AvgIpc) is 2.17. The van der Waals surface area contributed by atoms with Gasteiger partial charge >= 0.3 is 0 Å². The highest BCUT2D eigenvalue weighted by Crippen LogP contribution is 2.18. The normalized spacial score (nSPS) is 12.0. The number of nitrogens with zero attached hydrogens (tertiary/aromatic N) is 1. The van der Waals surface area contributed by atoms with E-state index in [1.807, 2.05) is 52.8 Å². The molecule has 0 spiro atoms. The van der Waals surface area contributed by atoms with Crippen LogP contribution in [-0.2, 0) is 0 Å². The van der Waals surface area contributed by atoms with Crippen molar-refractivity contribution in [2.24, 2.45) is 5.92 Å². The van der Waals surface area contributed by atoms with Crippen molar-refractivity contribution in [3.8, 4) is 0 Å². The van der Waals surface area contributed by atoms with Gasteiger partial charge in [0, 0.05) is 17.0 Å². The highest BCUT2D eigenvalue weighted by molar-refractivity contribution is 6.09. The second-order valence-electron chi connectivity index (χ2n) is 4.31. The molecule has 2 nitrogen and oxygen atoms in total. The first-order chi connectivity index (χ1) is 7.47. The smallest absolute Gasteiger partial charge is 0.190 e. The first-order valence-corrected chi connectivity index (χ1v) is 5.62. The third-order valence-electron chi connectivity index (χ3n) is 2.66. The summed E-state index contributed by atoms with van der Waals surface area (Å²) in [5.74, 6) is 0.348. The zero-order valence-electron chi connectivity index (χ0n) is 10.7. The Kier molecular flexibility index (Phi) is 3.99. The molecule has 86 valence electrons. The average molecular weight is 217 g/mol. The molecule has 1 aromatic rings. The minimum absolute atomic E-state index is 0.0995. The Morgan fingerprint density at radius 3 is 2.38 bits per heavy atom. The van der Waals surface area contributed by atoms with Gasteiger partial charge in [0.25, 0.3) is 0 Å². The lowest BCUT2D eigenvalue weighted by Crippen LogP contribution is -2.11. The molecule has 0 N–H and O–H groups in total. The molecule has 0 atom stereocenters. The summed E-state index contributed by atoms with van der Waals surface area (Å²) in [6, 6.07) is 3.75. The maximum atomic E-state index is 12.2. The zero-order chi connectivity index (χ0) is 12.3. The summed E-state index contributed by atoms with van der Waals surface area (Å²) in [5.41, 5.74) is 3.33. The van der Waals surface area contributed by atoms with E-state index in [4.69, 9.17) is 0 Å². The van der Waals surface area contributed by atoms with E-state index in [0.29, 0.717) is 5.56 Å². The highest BCUT2D eigenvalue weighted by Gasteiger charge is 2.16. The number of aryl methyl sites for hydroxylation is 2. The van der Waals surface area contributed by atoms with Crippen LogP contribution in [0.1, 0.15) is 42.5 Å². The number of hydrogen-bond acceptors (Lipinski definition) is 2. The quantitative estimate of drug-likeness (QED) is 0.573. The van der Waals surface area contributed by atoms with E-state index in [1.54, 1.807) is 0 Å². The molecule has 0 amide bonds. The van der Waals surface area contributed by atoms with Crippen molar-refractivity contribution >= 4 is 5.78 Å². The molecule has 0 fully saturated rings. The molecule has 0 radical (unpaired) electrons. The molecule has 16 heavy (non-hydrogen) atoms. The molecule has 0 aliphatic heterocycles. The van der Waals surface area contributed by atoms with E-state index in [1.165, 1.54) is 0 Å².